The molecule has 18 heavy (non-hydrogen) atoms. The summed E-state index contributed by atoms with van der Waals surface area (Å²) in [6.07, 6.45) is -4.60. The number of hydrogen-bond donors (Lipinski definition) is 0. The lowest BCUT2D eigenvalue weighted by Crippen LogP contribution is -2.38. The average Bonchev–Trinajstić information content (AvgIpc) is 2.21. The minimum absolute atomic E-state index is 0.0433. The maximum atomic E-state index is 12.6. The number of carboxylic acid groups (broad SMARTS) is 1. The molecule has 1 aromatic rings. The predicted molar refractivity (Wildman–Crippen MR) is 59.2 cm³/mol. The lowest BCUT2D eigenvalue weighted by Gasteiger charge is -2.27. The van der Waals surface area contributed by atoms with Crippen molar-refractivity contribution >= 4 is 17.6 Å². The Morgan fingerprint density at radius 1 is 1.39 bits per heavy atom. The molecule has 100 valence electrons. The van der Waals surface area contributed by atoms with Crippen LogP contribution in [0.15, 0.2) is 18.2 Å². The molecule has 6 heteroatoms. The summed E-state index contributed by atoms with van der Waals surface area (Å²) in [6, 6.07) is 3.99. The fourth-order valence-electron chi connectivity index (χ4n) is 1.68. The number of hydrogen-bond acceptors (Lipinski definition) is 2. The summed E-state index contributed by atoms with van der Waals surface area (Å²) in [5.41, 5.74) is 0.566. The molecule has 0 saturated carbocycles. The van der Waals surface area contributed by atoms with Crippen molar-refractivity contribution in [2.75, 3.05) is 0 Å². The Kier molecular flexibility index (Phi) is 4.27. The minimum Gasteiger partial charge on any atom is -0.549 e. The van der Waals surface area contributed by atoms with E-state index in [4.69, 9.17) is 11.6 Å². The summed E-state index contributed by atoms with van der Waals surface area (Å²) in [5, 5.41) is 11.3. The third kappa shape index (κ3) is 3.16. The summed E-state index contributed by atoms with van der Waals surface area (Å²) in [7, 11) is 0. The highest BCUT2D eigenvalue weighted by Gasteiger charge is 2.42. The summed E-state index contributed by atoms with van der Waals surface area (Å²) < 4.78 is 37.8. The van der Waals surface area contributed by atoms with E-state index in [0.29, 0.717) is 10.6 Å². The van der Waals surface area contributed by atoms with Crippen molar-refractivity contribution in [1.29, 1.82) is 0 Å². The van der Waals surface area contributed by atoms with Gasteiger partial charge in [-0.2, -0.15) is 13.2 Å². The second-order valence-electron chi connectivity index (χ2n) is 4.14. The van der Waals surface area contributed by atoms with E-state index in [1.54, 1.807) is 6.92 Å². The van der Waals surface area contributed by atoms with Crippen LogP contribution in [0.2, 0.25) is 5.02 Å². The van der Waals surface area contributed by atoms with Gasteiger partial charge in [-0.05, 0) is 24.1 Å². The van der Waals surface area contributed by atoms with Gasteiger partial charge in [0.05, 0.1) is 5.92 Å². The molecule has 2 atom stereocenters. The molecule has 0 aliphatic carbocycles. The van der Waals surface area contributed by atoms with Crippen molar-refractivity contribution in [3.8, 4) is 0 Å². The van der Waals surface area contributed by atoms with E-state index in [0.717, 1.165) is 6.92 Å². The van der Waals surface area contributed by atoms with Crippen LogP contribution in [0, 0.1) is 12.8 Å². The van der Waals surface area contributed by atoms with E-state index in [2.05, 4.69) is 0 Å². The van der Waals surface area contributed by atoms with Gasteiger partial charge in [-0.15, -0.1) is 0 Å². The van der Waals surface area contributed by atoms with Crippen LogP contribution in [-0.2, 0) is 4.79 Å². The molecule has 0 fully saturated rings. The maximum Gasteiger partial charge on any atom is 0.392 e. The fraction of sp³-hybridized carbons (Fsp3) is 0.417. The van der Waals surface area contributed by atoms with E-state index in [1.807, 2.05) is 0 Å². The molecule has 1 rings (SSSR count). The van der Waals surface area contributed by atoms with Crippen LogP contribution in [-0.4, -0.2) is 12.1 Å². The molecule has 0 bridgehead atoms. The Bertz CT molecular complexity index is 457. The van der Waals surface area contributed by atoms with E-state index in [9.17, 15) is 23.1 Å². The maximum absolute atomic E-state index is 12.6. The lowest BCUT2D eigenvalue weighted by molar-refractivity contribution is -0.313. The summed E-state index contributed by atoms with van der Waals surface area (Å²) >= 11 is 5.75. The smallest absolute Gasteiger partial charge is 0.392 e. The van der Waals surface area contributed by atoms with Gasteiger partial charge in [-0.1, -0.05) is 30.7 Å². The van der Waals surface area contributed by atoms with Crippen molar-refractivity contribution in [3.05, 3.63) is 34.3 Å². The highest BCUT2D eigenvalue weighted by atomic mass is 35.5. The van der Waals surface area contributed by atoms with Crippen LogP contribution in [0.3, 0.4) is 0 Å². The minimum atomic E-state index is -4.60. The molecular formula is C12H11ClF3O2-. The van der Waals surface area contributed by atoms with Crippen LogP contribution in [0.1, 0.15) is 24.0 Å². The Morgan fingerprint density at radius 2 is 1.94 bits per heavy atom. The molecule has 0 spiro atoms. The monoisotopic (exact) mass is 279 g/mol. The molecule has 1 unspecified atom stereocenters. The highest BCUT2D eigenvalue weighted by molar-refractivity contribution is 6.31. The van der Waals surface area contributed by atoms with Gasteiger partial charge in [0.2, 0.25) is 0 Å². The van der Waals surface area contributed by atoms with Crippen molar-refractivity contribution in [2.24, 2.45) is 5.92 Å². The van der Waals surface area contributed by atoms with Crippen molar-refractivity contribution in [1.82, 2.24) is 0 Å². The summed E-state index contributed by atoms with van der Waals surface area (Å²) in [4.78, 5) is 10.9. The number of halogens is 4. The quantitative estimate of drug-likeness (QED) is 0.853. The second-order valence-corrected chi connectivity index (χ2v) is 4.54. The summed E-state index contributed by atoms with van der Waals surface area (Å²) in [5.74, 6) is -5.51. The SMILES string of the molecule is Cc1cc(C(C(=O)[O-])[C@@H](C)C(F)(F)F)ccc1Cl. The van der Waals surface area contributed by atoms with Crippen molar-refractivity contribution in [3.63, 3.8) is 0 Å². The molecule has 0 aliphatic rings. The molecule has 0 N–H and O–H groups in total. The van der Waals surface area contributed by atoms with Gasteiger partial charge < -0.3 is 9.90 Å². The van der Waals surface area contributed by atoms with Crippen molar-refractivity contribution in [2.45, 2.75) is 25.9 Å². The third-order valence-corrected chi connectivity index (χ3v) is 3.24. The zero-order valence-electron chi connectivity index (χ0n) is 9.72. The number of alkyl halides is 3. The van der Waals surface area contributed by atoms with E-state index in [-0.39, 0.29) is 5.56 Å². The number of aliphatic carboxylic acids is 1. The number of carbonyl (C=O) groups is 1. The summed E-state index contributed by atoms with van der Waals surface area (Å²) in [6.45, 7) is 2.42. The standard InChI is InChI=1S/C12H12ClF3O2/c1-6-5-8(3-4-9(6)13)10(11(17)18)7(2)12(14,15)16/h3-5,7,10H,1-2H3,(H,17,18)/p-1/t7-,10?/m1/s1. The zero-order valence-corrected chi connectivity index (χ0v) is 10.5. The van der Waals surface area contributed by atoms with Crippen LogP contribution in [0.5, 0.6) is 0 Å². The number of rotatable bonds is 3. The number of carbonyl (C=O) groups excluding carboxylic acids is 1. The molecule has 0 radical (unpaired) electrons. The Morgan fingerprint density at radius 3 is 2.33 bits per heavy atom. The highest BCUT2D eigenvalue weighted by Crippen LogP contribution is 2.37. The lowest BCUT2D eigenvalue weighted by atomic mass is 9.86. The Balaban J connectivity index is 3.21. The first-order valence-electron chi connectivity index (χ1n) is 5.18. The van der Waals surface area contributed by atoms with Crippen LogP contribution < -0.4 is 5.11 Å². The second kappa shape index (κ2) is 5.18. The molecule has 0 saturated heterocycles. The first-order chi connectivity index (χ1) is 8.14. The topological polar surface area (TPSA) is 40.1 Å². The molecular weight excluding hydrogens is 269 g/mol. The molecule has 0 aromatic heterocycles. The van der Waals surface area contributed by atoms with Gasteiger partial charge >= 0.3 is 6.18 Å². The first kappa shape index (κ1) is 14.8. The van der Waals surface area contributed by atoms with Gasteiger partial charge in [0.1, 0.15) is 0 Å². The van der Waals surface area contributed by atoms with Crippen LogP contribution in [0.4, 0.5) is 13.2 Å². The van der Waals surface area contributed by atoms with Crippen molar-refractivity contribution < 1.29 is 23.1 Å². The number of aryl methyl sites for hydroxylation is 1. The number of benzene rings is 1. The molecule has 0 amide bonds. The van der Waals surface area contributed by atoms with Crippen LogP contribution in [0.25, 0.3) is 0 Å². The first-order valence-corrected chi connectivity index (χ1v) is 5.56. The third-order valence-electron chi connectivity index (χ3n) is 2.81. The Hall–Kier alpha value is -1.23. The van der Waals surface area contributed by atoms with Gasteiger partial charge in [0, 0.05) is 16.9 Å². The molecule has 1 aromatic carbocycles. The van der Waals surface area contributed by atoms with Crippen LogP contribution >= 0.6 is 11.6 Å². The van der Waals surface area contributed by atoms with Gasteiger partial charge in [0.25, 0.3) is 0 Å². The van der Waals surface area contributed by atoms with E-state index >= 15 is 0 Å². The number of carboxylic acids is 1. The molecule has 2 nitrogen and oxygen atoms in total. The van der Waals surface area contributed by atoms with Gasteiger partial charge in [-0.25, -0.2) is 0 Å². The average molecular weight is 280 g/mol. The fourth-order valence-corrected chi connectivity index (χ4v) is 1.80. The molecule has 0 aliphatic heterocycles. The largest absolute Gasteiger partial charge is 0.549 e. The van der Waals surface area contributed by atoms with Gasteiger partial charge in [0.15, 0.2) is 0 Å². The Labute approximate surface area is 107 Å². The molecule has 0 heterocycles. The van der Waals surface area contributed by atoms with Gasteiger partial charge in [-0.3, -0.25) is 0 Å². The zero-order chi connectivity index (χ0) is 14.1. The van der Waals surface area contributed by atoms with E-state index in [1.165, 1.54) is 18.2 Å². The normalized spacial score (nSPS) is 15.2. The predicted octanol–water partition coefficient (Wildman–Crippen LogP) is 2.68. The van der Waals surface area contributed by atoms with E-state index < -0.39 is 24.0 Å².